The Balaban J connectivity index is 2.09. The Morgan fingerprint density at radius 2 is 1.00 bits per heavy atom. The molecule has 79 valence electrons. The fraction of sp³-hybridized carbons (Fsp3) is 0. The Kier molecular flexibility index (Phi) is 2.69. The van der Waals surface area contributed by atoms with Gasteiger partial charge in [0.25, 0.3) is 0 Å². The monoisotopic (exact) mass is 406 g/mol. The van der Waals surface area contributed by atoms with Crippen LogP contribution >= 0.6 is 0 Å². The van der Waals surface area contributed by atoms with Crippen molar-refractivity contribution in [3.05, 3.63) is 55.0 Å². The summed E-state index contributed by atoms with van der Waals surface area (Å²) in [6.07, 6.45) is 6.02. The molecule has 1 radical (unpaired) electrons. The van der Waals surface area contributed by atoms with Gasteiger partial charge in [-0.2, -0.15) is 0 Å². The molecule has 3 aromatic rings. The summed E-state index contributed by atoms with van der Waals surface area (Å²) in [6, 6.07) is 12.8. The number of hydrogen-bond donors (Lipinski definition) is 3. The van der Waals surface area contributed by atoms with Gasteiger partial charge in [-0.3, -0.25) is 0 Å². The normalized spacial score (nSPS) is 11.1. The van der Waals surface area contributed by atoms with Gasteiger partial charge >= 0.3 is 102 Å². The molecule has 0 aliphatic rings. The molecule has 0 spiro atoms. The minimum atomic E-state index is -2.16. The summed E-state index contributed by atoms with van der Waals surface area (Å²) in [6.45, 7) is 0. The van der Waals surface area contributed by atoms with Crippen LogP contribution in [0.2, 0.25) is 0 Å². The number of nitrogens with one attached hydrogen (secondary N) is 3. The molecule has 0 amide bonds. The van der Waals surface area contributed by atoms with E-state index in [9.17, 15) is 0 Å². The van der Waals surface area contributed by atoms with E-state index in [-0.39, 0.29) is 0 Å². The van der Waals surface area contributed by atoms with Crippen LogP contribution in [0, 0.1) is 0 Å². The molecule has 0 saturated heterocycles. The van der Waals surface area contributed by atoms with Crippen molar-refractivity contribution in [1.29, 1.82) is 0 Å². The second kappa shape index (κ2) is 4.33. The van der Waals surface area contributed by atoms with E-state index in [1.807, 2.05) is 18.6 Å². The number of hydrogen-bond acceptors (Lipinski definition) is 0. The van der Waals surface area contributed by atoms with E-state index >= 15 is 0 Å². The van der Waals surface area contributed by atoms with E-state index in [1.165, 1.54) is 9.76 Å². The molecule has 16 heavy (non-hydrogen) atoms. The first-order chi connectivity index (χ1) is 7.95. The van der Waals surface area contributed by atoms with Crippen molar-refractivity contribution >= 4 is 32.5 Å². The Hall–Kier alpha value is -1.24. The van der Waals surface area contributed by atoms with Crippen LogP contribution in [0.1, 0.15) is 0 Å². The van der Waals surface area contributed by atoms with Gasteiger partial charge in [-0.15, -0.1) is 0 Å². The van der Waals surface area contributed by atoms with Gasteiger partial charge in [-0.25, -0.2) is 0 Å². The first kappa shape index (κ1) is 9.95. The van der Waals surface area contributed by atoms with Crippen molar-refractivity contribution in [1.82, 2.24) is 15.0 Å². The molecule has 0 saturated carbocycles. The molecule has 0 fully saturated rings. The molecule has 3 aromatic heterocycles. The van der Waals surface area contributed by atoms with Crippen LogP contribution in [0.4, 0.5) is 0 Å². The van der Waals surface area contributed by atoms with Crippen LogP contribution in [0.5, 0.6) is 0 Å². The van der Waals surface area contributed by atoms with Crippen molar-refractivity contribution in [2.45, 2.75) is 0 Å². The van der Waals surface area contributed by atoms with Crippen LogP contribution in [-0.2, 0) is 0 Å². The van der Waals surface area contributed by atoms with Gasteiger partial charge in [-0.05, 0) is 0 Å². The zero-order valence-electron chi connectivity index (χ0n) is 8.70. The summed E-state index contributed by atoms with van der Waals surface area (Å²) in [5, 5.41) is 0. The molecule has 3 N–H and O–H groups in total. The summed E-state index contributed by atoms with van der Waals surface area (Å²) in [5.74, 6) is 0. The first-order valence-corrected chi connectivity index (χ1v) is 11.1. The molecule has 0 aromatic carbocycles. The fourth-order valence-electron chi connectivity index (χ4n) is 1.89. The first-order valence-electron chi connectivity index (χ1n) is 5.23. The van der Waals surface area contributed by atoms with E-state index in [2.05, 4.69) is 51.4 Å². The van der Waals surface area contributed by atoms with Crippen LogP contribution in [0.15, 0.2) is 55.0 Å². The molecule has 3 rings (SSSR count). The van der Waals surface area contributed by atoms with Crippen molar-refractivity contribution in [2.24, 2.45) is 0 Å². The summed E-state index contributed by atoms with van der Waals surface area (Å²) >= 11 is -2.16. The number of aromatic amines is 3. The average Bonchev–Trinajstić information content (AvgIpc) is 3.02. The summed E-state index contributed by atoms with van der Waals surface area (Å²) < 4.78 is 4.19. The van der Waals surface area contributed by atoms with E-state index in [1.54, 1.807) is 0 Å². The van der Waals surface area contributed by atoms with Crippen LogP contribution in [0.25, 0.3) is 0 Å². The maximum atomic E-state index is 3.37. The zero-order chi connectivity index (χ0) is 10.8. The predicted octanol–water partition coefficient (Wildman–Crippen LogP) is 0.187. The van der Waals surface area contributed by atoms with Gasteiger partial charge in [0, 0.05) is 0 Å². The van der Waals surface area contributed by atoms with Crippen LogP contribution < -0.4 is 9.76 Å². The van der Waals surface area contributed by atoms with Crippen molar-refractivity contribution < 1.29 is 0 Å². The number of rotatable bonds is 3. The summed E-state index contributed by atoms with van der Waals surface area (Å²) in [7, 11) is 0. The van der Waals surface area contributed by atoms with Crippen LogP contribution in [-0.4, -0.2) is 37.7 Å². The van der Waals surface area contributed by atoms with Crippen molar-refractivity contribution in [2.75, 3.05) is 0 Å². The van der Waals surface area contributed by atoms with Crippen molar-refractivity contribution in [3.8, 4) is 0 Å². The second-order valence-corrected chi connectivity index (χ2v) is 12.8. The van der Waals surface area contributed by atoms with Gasteiger partial charge in [0.2, 0.25) is 0 Å². The molecule has 0 unspecified atom stereocenters. The van der Waals surface area contributed by atoms with Gasteiger partial charge < -0.3 is 0 Å². The van der Waals surface area contributed by atoms with Gasteiger partial charge in [0.15, 0.2) is 0 Å². The van der Waals surface area contributed by atoms with Gasteiger partial charge in [-0.1, -0.05) is 0 Å². The predicted molar refractivity (Wildman–Crippen MR) is 67.0 cm³/mol. The fourth-order valence-corrected chi connectivity index (χ4v) is 11.0. The Labute approximate surface area is 102 Å². The summed E-state index contributed by atoms with van der Waals surface area (Å²) in [4.78, 5) is 10.1. The van der Waals surface area contributed by atoms with Crippen LogP contribution in [0.3, 0.4) is 0 Å². The Morgan fingerprint density at radius 3 is 1.25 bits per heavy atom. The quantitative estimate of drug-likeness (QED) is 0.521. The van der Waals surface area contributed by atoms with Gasteiger partial charge in [0.05, 0.1) is 0 Å². The van der Waals surface area contributed by atoms with E-state index in [0.29, 0.717) is 0 Å². The molecule has 0 bridgehead atoms. The average molecular weight is 405 g/mol. The van der Waals surface area contributed by atoms with Crippen molar-refractivity contribution in [3.63, 3.8) is 0 Å². The molecule has 0 aliphatic carbocycles. The second-order valence-electron chi connectivity index (χ2n) is 3.63. The SMILES string of the molecule is c1c[nH][c]([Pb]([c]2ccc[nH]2)[c]2ccc[nH]2)c1. The zero-order valence-corrected chi connectivity index (χ0v) is 12.6. The molecular formula is C12H12N3Pb. The van der Waals surface area contributed by atoms with E-state index in [0.717, 1.165) is 0 Å². The Morgan fingerprint density at radius 1 is 0.625 bits per heavy atom. The molecule has 4 heteroatoms. The van der Waals surface area contributed by atoms with Gasteiger partial charge in [0.1, 0.15) is 0 Å². The standard InChI is InChI=1S/3C4H4N.Pb/c3*1-2-4-5-3-1;/h3*1-3,5H;. The molecule has 3 heterocycles. The molecule has 0 atom stereocenters. The maximum absolute atomic E-state index is 3.37. The molecular weight excluding hydrogens is 393 g/mol. The van der Waals surface area contributed by atoms with E-state index in [4.69, 9.17) is 0 Å². The topological polar surface area (TPSA) is 47.4 Å². The Bertz CT molecular complexity index is 441. The number of H-pyrrole nitrogens is 3. The molecule has 3 nitrogen and oxygen atoms in total. The third kappa shape index (κ3) is 1.75. The number of aromatic nitrogens is 3. The summed E-state index contributed by atoms with van der Waals surface area (Å²) in [5.41, 5.74) is 0. The molecule has 0 aliphatic heterocycles. The van der Waals surface area contributed by atoms with E-state index < -0.39 is 22.7 Å². The third-order valence-electron chi connectivity index (χ3n) is 2.60. The third-order valence-corrected chi connectivity index (χ3v) is 12.5. The minimum absolute atomic E-state index is 1.40.